The van der Waals surface area contributed by atoms with Gasteiger partial charge in [-0.25, -0.2) is 9.97 Å². The summed E-state index contributed by atoms with van der Waals surface area (Å²) in [5.41, 5.74) is 7.50. The molecule has 28 heavy (non-hydrogen) atoms. The molecule has 142 valence electrons. The normalized spacial score (nSPS) is 16.0. The fourth-order valence-corrected chi connectivity index (χ4v) is 4.98. The monoisotopic (exact) mass is 409 g/mol. The quantitative estimate of drug-likeness (QED) is 0.550. The van der Waals surface area contributed by atoms with Crippen molar-refractivity contribution < 1.29 is 5.11 Å². The third-order valence-corrected chi connectivity index (χ3v) is 6.95. The molecule has 0 radical (unpaired) electrons. The Hall–Kier alpha value is -2.42. The molecule has 4 aromatic rings. The van der Waals surface area contributed by atoms with Crippen LogP contribution in [0.4, 0.5) is 0 Å². The number of rotatable bonds is 3. The molecule has 0 saturated carbocycles. The van der Waals surface area contributed by atoms with Gasteiger partial charge in [0.15, 0.2) is 5.01 Å². The number of hydrogen-bond donors (Lipinski definition) is 1. The van der Waals surface area contributed by atoms with E-state index in [9.17, 15) is 5.11 Å². The first-order valence-corrected chi connectivity index (χ1v) is 11.0. The third-order valence-electron chi connectivity index (χ3n) is 5.39. The van der Waals surface area contributed by atoms with Gasteiger partial charge in [0.1, 0.15) is 5.69 Å². The van der Waals surface area contributed by atoms with Gasteiger partial charge in [-0.2, -0.15) is 0 Å². The van der Waals surface area contributed by atoms with Crippen molar-refractivity contribution in [2.75, 3.05) is 13.1 Å². The van der Waals surface area contributed by atoms with Gasteiger partial charge >= 0.3 is 0 Å². The fraction of sp³-hybridized carbons (Fsp3) is 0.300. The minimum atomic E-state index is -0.0242. The molecule has 0 spiro atoms. The van der Waals surface area contributed by atoms with Crippen LogP contribution in [0.15, 0.2) is 35.8 Å². The highest BCUT2D eigenvalue weighted by Crippen LogP contribution is 2.30. The summed E-state index contributed by atoms with van der Waals surface area (Å²) in [6, 6.07) is 11.1. The van der Waals surface area contributed by atoms with Crippen molar-refractivity contribution in [3.8, 4) is 15.9 Å². The van der Waals surface area contributed by atoms with Crippen LogP contribution < -0.4 is 0 Å². The summed E-state index contributed by atoms with van der Waals surface area (Å²) in [6.45, 7) is 4.23. The molecular formula is C20H19N5OS2. The van der Waals surface area contributed by atoms with Crippen molar-refractivity contribution in [2.45, 2.75) is 25.8 Å². The van der Waals surface area contributed by atoms with E-state index >= 15 is 0 Å². The van der Waals surface area contributed by atoms with Crippen LogP contribution in [0, 0.1) is 0 Å². The average Bonchev–Trinajstić information content (AvgIpc) is 3.30. The number of hydrogen-bond acceptors (Lipinski definition) is 8. The van der Waals surface area contributed by atoms with E-state index in [1.165, 1.54) is 15.8 Å². The highest BCUT2D eigenvalue weighted by atomic mass is 32.1. The van der Waals surface area contributed by atoms with E-state index in [-0.39, 0.29) is 5.19 Å². The Morgan fingerprint density at radius 2 is 2.00 bits per heavy atom. The number of aromatic hydroxyl groups is 1. The Morgan fingerprint density at radius 1 is 1.11 bits per heavy atom. The van der Waals surface area contributed by atoms with Crippen molar-refractivity contribution in [1.29, 1.82) is 0 Å². The maximum absolute atomic E-state index is 9.46. The Labute approximate surface area is 170 Å². The van der Waals surface area contributed by atoms with Gasteiger partial charge < -0.3 is 5.11 Å². The second kappa shape index (κ2) is 7.20. The van der Waals surface area contributed by atoms with Crippen LogP contribution in [-0.2, 0) is 12.8 Å². The van der Waals surface area contributed by atoms with E-state index in [1.807, 2.05) is 11.6 Å². The van der Waals surface area contributed by atoms with Gasteiger partial charge in [-0.15, -0.1) is 16.4 Å². The van der Waals surface area contributed by atoms with Gasteiger partial charge in [-0.1, -0.05) is 28.6 Å². The topological polar surface area (TPSA) is 75.0 Å². The Morgan fingerprint density at radius 3 is 2.86 bits per heavy atom. The zero-order valence-corrected chi connectivity index (χ0v) is 17.0. The van der Waals surface area contributed by atoms with Crippen LogP contribution in [-0.4, -0.2) is 43.3 Å². The average molecular weight is 410 g/mol. The van der Waals surface area contributed by atoms with Crippen molar-refractivity contribution in [3.05, 3.63) is 52.7 Å². The van der Waals surface area contributed by atoms with Crippen LogP contribution in [0.2, 0.25) is 0 Å². The van der Waals surface area contributed by atoms with E-state index in [2.05, 4.69) is 51.3 Å². The van der Waals surface area contributed by atoms with Crippen molar-refractivity contribution in [1.82, 2.24) is 25.1 Å². The third kappa shape index (κ3) is 3.28. The predicted octanol–water partition coefficient (Wildman–Crippen LogP) is 4.08. The fourth-order valence-electron chi connectivity index (χ4n) is 3.77. The lowest BCUT2D eigenvalue weighted by Crippen LogP contribution is -2.29. The van der Waals surface area contributed by atoms with E-state index in [4.69, 9.17) is 4.98 Å². The Bertz CT molecular complexity index is 1140. The number of thiazole rings is 1. The Kier molecular flexibility index (Phi) is 4.54. The molecule has 0 fully saturated rings. The van der Waals surface area contributed by atoms with Gasteiger partial charge in [0.25, 0.3) is 5.19 Å². The predicted molar refractivity (Wildman–Crippen MR) is 112 cm³/mol. The molecule has 3 aromatic heterocycles. The van der Waals surface area contributed by atoms with Crippen LogP contribution in [0.3, 0.4) is 0 Å². The van der Waals surface area contributed by atoms with E-state index < -0.39 is 0 Å². The number of pyridine rings is 1. The second-order valence-electron chi connectivity index (χ2n) is 6.98. The van der Waals surface area contributed by atoms with E-state index in [0.717, 1.165) is 54.2 Å². The van der Waals surface area contributed by atoms with Crippen LogP contribution in [0.25, 0.3) is 20.9 Å². The largest absolute Gasteiger partial charge is 0.485 e. The minimum Gasteiger partial charge on any atom is -0.485 e. The lowest BCUT2D eigenvalue weighted by molar-refractivity contribution is 0.221. The molecular weight excluding hydrogens is 390 g/mol. The number of fused-ring (bicyclic) bond motifs is 2. The summed E-state index contributed by atoms with van der Waals surface area (Å²) in [5.74, 6) is 0. The molecule has 0 saturated heterocycles. The Balaban J connectivity index is 1.36. The molecule has 0 bridgehead atoms. The molecule has 1 aliphatic heterocycles. The molecule has 5 rings (SSSR count). The highest BCUT2D eigenvalue weighted by molar-refractivity contribution is 7.16. The maximum atomic E-state index is 9.46. The van der Waals surface area contributed by atoms with Gasteiger partial charge in [-0.3, -0.25) is 4.90 Å². The summed E-state index contributed by atoms with van der Waals surface area (Å²) in [4.78, 5) is 11.8. The van der Waals surface area contributed by atoms with Gasteiger partial charge in [0.05, 0.1) is 15.7 Å². The molecule has 0 amide bonds. The molecule has 6 nitrogen and oxygen atoms in total. The molecule has 4 heterocycles. The van der Waals surface area contributed by atoms with Crippen LogP contribution in [0.1, 0.15) is 29.8 Å². The molecule has 1 atom stereocenters. The summed E-state index contributed by atoms with van der Waals surface area (Å²) < 4.78 is 1.23. The summed E-state index contributed by atoms with van der Waals surface area (Å²) >= 11 is 2.84. The number of nitrogens with zero attached hydrogens (tertiary/aromatic N) is 5. The summed E-state index contributed by atoms with van der Waals surface area (Å²) in [5, 5.41) is 17.8. The number of benzene rings is 1. The standard InChI is InChI=1S/C20H19N5OS2/c1-12(14-3-5-18-17(10-14)21-11-27-18)25-8-6-13-2-4-16(22-15(13)7-9-25)19-23-24-20(26)28-19/h2-5,10-12H,6-9H2,1H3,(H,24,26)/t12-/m1/s1. The van der Waals surface area contributed by atoms with Crippen LogP contribution >= 0.6 is 22.7 Å². The lowest BCUT2D eigenvalue weighted by Gasteiger charge is -2.27. The van der Waals surface area contributed by atoms with Crippen LogP contribution in [0.5, 0.6) is 5.19 Å². The van der Waals surface area contributed by atoms with Crippen molar-refractivity contribution in [2.24, 2.45) is 0 Å². The molecule has 0 unspecified atom stereocenters. The summed E-state index contributed by atoms with van der Waals surface area (Å²) in [6.07, 6.45) is 1.88. The zero-order valence-electron chi connectivity index (χ0n) is 15.4. The molecule has 1 aromatic carbocycles. The minimum absolute atomic E-state index is 0.0242. The summed E-state index contributed by atoms with van der Waals surface area (Å²) in [7, 11) is 0. The first kappa shape index (κ1) is 17.7. The van der Waals surface area contributed by atoms with E-state index in [1.54, 1.807) is 11.3 Å². The lowest BCUT2D eigenvalue weighted by atomic mass is 10.1. The highest BCUT2D eigenvalue weighted by Gasteiger charge is 2.21. The SMILES string of the molecule is C[C@H](c1ccc2scnc2c1)N1CCc2ccc(-c3nnc(O)s3)nc2CC1. The first-order valence-electron chi connectivity index (χ1n) is 9.26. The van der Waals surface area contributed by atoms with Gasteiger partial charge in [0, 0.05) is 31.2 Å². The van der Waals surface area contributed by atoms with Crippen molar-refractivity contribution in [3.63, 3.8) is 0 Å². The molecule has 0 aliphatic carbocycles. The molecule has 8 heteroatoms. The first-order chi connectivity index (χ1) is 13.7. The van der Waals surface area contributed by atoms with E-state index in [0.29, 0.717) is 11.0 Å². The zero-order chi connectivity index (χ0) is 19.1. The smallest absolute Gasteiger partial charge is 0.291 e. The van der Waals surface area contributed by atoms with Gasteiger partial charge in [-0.05, 0) is 42.7 Å². The van der Waals surface area contributed by atoms with Gasteiger partial charge in [0.2, 0.25) is 0 Å². The maximum Gasteiger partial charge on any atom is 0.291 e. The van der Waals surface area contributed by atoms with Crippen molar-refractivity contribution >= 4 is 32.9 Å². The second-order valence-corrected chi connectivity index (χ2v) is 8.83. The number of aromatic nitrogens is 4. The molecule has 1 aliphatic rings. The molecule has 1 N–H and O–H groups in total.